The van der Waals surface area contributed by atoms with Crippen molar-refractivity contribution in [1.29, 1.82) is 0 Å². The summed E-state index contributed by atoms with van der Waals surface area (Å²) in [7, 11) is 0. The van der Waals surface area contributed by atoms with Crippen LogP contribution in [0.3, 0.4) is 0 Å². The standard InChI is InChI=1S/C13H16N2O5S2/c16-11(9-22-10-1-8-21-12(10)15(17)18)14-4-2-13(3-5-14)19-6-7-20-13/h1,8H,2-7,9H2. The van der Waals surface area contributed by atoms with Crippen molar-refractivity contribution in [3.05, 3.63) is 21.6 Å². The van der Waals surface area contributed by atoms with E-state index in [9.17, 15) is 14.9 Å². The maximum Gasteiger partial charge on any atom is 0.337 e. The van der Waals surface area contributed by atoms with Gasteiger partial charge in [0, 0.05) is 25.9 Å². The van der Waals surface area contributed by atoms with Gasteiger partial charge in [0.2, 0.25) is 5.91 Å². The van der Waals surface area contributed by atoms with Gasteiger partial charge in [-0.25, -0.2) is 0 Å². The van der Waals surface area contributed by atoms with Crippen molar-refractivity contribution in [2.75, 3.05) is 32.1 Å². The molecule has 2 aliphatic heterocycles. The summed E-state index contributed by atoms with van der Waals surface area (Å²) in [6.45, 7) is 2.44. The second-order valence-electron chi connectivity index (χ2n) is 5.12. The summed E-state index contributed by atoms with van der Waals surface area (Å²) in [6, 6.07) is 1.69. The minimum Gasteiger partial charge on any atom is -0.347 e. The monoisotopic (exact) mass is 344 g/mol. The Morgan fingerprint density at radius 2 is 2.09 bits per heavy atom. The predicted octanol–water partition coefficient (Wildman–Crippen LogP) is 2.11. The molecule has 0 radical (unpaired) electrons. The second kappa shape index (κ2) is 6.53. The van der Waals surface area contributed by atoms with E-state index in [-0.39, 0.29) is 16.7 Å². The van der Waals surface area contributed by atoms with Crippen LogP contribution in [-0.2, 0) is 14.3 Å². The van der Waals surface area contributed by atoms with Crippen molar-refractivity contribution in [3.63, 3.8) is 0 Å². The lowest BCUT2D eigenvalue weighted by Gasteiger charge is -2.37. The molecule has 3 rings (SSSR count). The van der Waals surface area contributed by atoms with Crippen LogP contribution in [0.4, 0.5) is 5.00 Å². The maximum atomic E-state index is 12.2. The molecule has 0 bridgehead atoms. The van der Waals surface area contributed by atoms with Crippen molar-refractivity contribution >= 4 is 34.0 Å². The maximum absolute atomic E-state index is 12.2. The van der Waals surface area contributed by atoms with Gasteiger partial charge < -0.3 is 14.4 Å². The molecule has 1 aromatic rings. The Bertz CT molecular complexity index is 561. The molecule has 3 heterocycles. The van der Waals surface area contributed by atoms with Crippen LogP contribution in [0.1, 0.15) is 12.8 Å². The van der Waals surface area contributed by atoms with E-state index >= 15 is 0 Å². The molecule has 0 aromatic carbocycles. The summed E-state index contributed by atoms with van der Waals surface area (Å²) in [5, 5.41) is 12.6. The van der Waals surface area contributed by atoms with Gasteiger partial charge in [-0.3, -0.25) is 14.9 Å². The molecule has 1 aromatic heterocycles. The van der Waals surface area contributed by atoms with Crippen molar-refractivity contribution in [3.8, 4) is 0 Å². The van der Waals surface area contributed by atoms with Crippen LogP contribution in [0.25, 0.3) is 0 Å². The minimum atomic E-state index is -0.490. The van der Waals surface area contributed by atoms with E-state index in [4.69, 9.17) is 9.47 Å². The lowest BCUT2D eigenvalue weighted by Crippen LogP contribution is -2.47. The molecule has 22 heavy (non-hydrogen) atoms. The van der Waals surface area contributed by atoms with E-state index in [2.05, 4.69) is 0 Å². The Kier molecular flexibility index (Phi) is 4.67. The number of hydrogen-bond donors (Lipinski definition) is 0. The topological polar surface area (TPSA) is 81.9 Å². The Morgan fingerprint density at radius 3 is 2.73 bits per heavy atom. The number of hydrogen-bond acceptors (Lipinski definition) is 7. The van der Waals surface area contributed by atoms with Gasteiger partial charge in [0.1, 0.15) is 0 Å². The Morgan fingerprint density at radius 1 is 1.41 bits per heavy atom. The van der Waals surface area contributed by atoms with E-state index in [1.807, 2.05) is 0 Å². The van der Waals surface area contributed by atoms with Gasteiger partial charge in [-0.1, -0.05) is 11.3 Å². The largest absolute Gasteiger partial charge is 0.347 e. The first-order valence-corrected chi connectivity index (χ1v) is 8.87. The molecule has 1 amide bonds. The summed E-state index contributed by atoms with van der Waals surface area (Å²) in [5.74, 6) is -0.277. The van der Waals surface area contributed by atoms with Gasteiger partial charge in [0.15, 0.2) is 5.79 Å². The number of nitro groups is 1. The van der Waals surface area contributed by atoms with Gasteiger partial charge in [-0.05, 0) is 11.4 Å². The highest BCUT2D eigenvalue weighted by atomic mass is 32.2. The molecule has 0 aliphatic carbocycles. The van der Waals surface area contributed by atoms with Gasteiger partial charge in [0.05, 0.1) is 28.8 Å². The van der Waals surface area contributed by atoms with Crippen LogP contribution < -0.4 is 0 Å². The van der Waals surface area contributed by atoms with E-state index in [0.717, 1.165) is 11.3 Å². The highest BCUT2D eigenvalue weighted by molar-refractivity contribution is 8.00. The van der Waals surface area contributed by atoms with E-state index in [1.165, 1.54) is 11.8 Å². The molecule has 2 saturated heterocycles. The number of likely N-dealkylation sites (tertiary alicyclic amines) is 1. The molecule has 1 spiro atoms. The fraction of sp³-hybridized carbons (Fsp3) is 0.615. The molecule has 2 aliphatic rings. The molecule has 0 unspecified atom stereocenters. The molecule has 0 N–H and O–H groups in total. The number of thioether (sulfide) groups is 1. The van der Waals surface area contributed by atoms with Crippen LogP contribution in [0.2, 0.25) is 0 Å². The van der Waals surface area contributed by atoms with E-state index in [1.54, 1.807) is 16.3 Å². The quantitative estimate of drug-likeness (QED) is 0.473. The summed E-state index contributed by atoms with van der Waals surface area (Å²) in [4.78, 5) is 25.0. The lowest BCUT2D eigenvalue weighted by atomic mass is 10.0. The second-order valence-corrected chi connectivity index (χ2v) is 7.04. The third kappa shape index (κ3) is 3.27. The zero-order chi connectivity index (χ0) is 15.6. The van der Waals surface area contributed by atoms with Crippen LogP contribution in [-0.4, -0.2) is 53.6 Å². The third-order valence-electron chi connectivity index (χ3n) is 3.82. The van der Waals surface area contributed by atoms with E-state index in [0.29, 0.717) is 44.0 Å². The van der Waals surface area contributed by atoms with Crippen LogP contribution >= 0.6 is 23.1 Å². The van der Waals surface area contributed by atoms with Gasteiger partial charge >= 0.3 is 5.00 Å². The molecule has 120 valence electrons. The van der Waals surface area contributed by atoms with Crippen molar-refractivity contribution < 1.29 is 19.2 Å². The zero-order valence-corrected chi connectivity index (χ0v) is 13.5. The Balaban J connectivity index is 1.50. The van der Waals surface area contributed by atoms with Crippen LogP contribution in [0, 0.1) is 10.1 Å². The molecule has 2 fully saturated rings. The first kappa shape index (κ1) is 15.7. The number of amides is 1. The highest BCUT2D eigenvalue weighted by Crippen LogP contribution is 2.35. The third-order valence-corrected chi connectivity index (χ3v) is 5.84. The SMILES string of the molecule is O=C(CSc1ccsc1[N+](=O)[O-])N1CCC2(CC1)OCCO2. The number of nitrogens with zero attached hydrogens (tertiary/aromatic N) is 2. The van der Waals surface area contributed by atoms with Gasteiger partial charge in [-0.2, -0.15) is 0 Å². The average molecular weight is 344 g/mol. The van der Waals surface area contributed by atoms with Crippen LogP contribution in [0.5, 0.6) is 0 Å². The predicted molar refractivity (Wildman–Crippen MR) is 82.1 cm³/mol. The van der Waals surface area contributed by atoms with Crippen LogP contribution in [0.15, 0.2) is 16.3 Å². The molecule has 0 saturated carbocycles. The first-order chi connectivity index (χ1) is 10.6. The van der Waals surface area contributed by atoms with Gasteiger partial charge in [0.25, 0.3) is 0 Å². The molecular weight excluding hydrogens is 328 g/mol. The zero-order valence-electron chi connectivity index (χ0n) is 11.9. The van der Waals surface area contributed by atoms with E-state index < -0.39 is 10.7 Å². The number of ether oxygens (including phenoxy) is 2. The number of rotatable bonds is 4. The summed E-state index contributed by atoms with van der Waals surface area (Å²) in [6.07, 6.45) is 1.37. The fourth-order valence-corrected chi connectivity index (χ4v) is 4.48. The first-order valence-electron chi connectivity index (χ1n) is 7.00. The summed E-state index contributed by atoms with van der Waals surface area (Å²) in [5.41, 5.74) is 0. The van der Waals surface area contributed by atoms with Gasteiger partial charge in [-0.15, -0.1) is 11.8 Å². The summed E-state index contributed by atoms with van der Waals surface area (Å²) >= 11 is 2.30. The smallest absolute Gasteiger partial charge is 0.337 e. The number of carbonyl (C=O) groups excluding carboxylic acids is 1. The molecule has 9 heteroatoms. The van der Waals surface area contributed by atoms with Crippen molar-refractivity contribution in [1.82, 2.24) is 4.90 Å². The lowest BCUT2D eigenvalue weighted by molar-refractivity contribution is -0.382. The number of thiophene rings is 1. The summed E-state index contributed by atoms with van der Waals surface area (Å²) < 4.78 is 11.3. The molecular formula is C13H16N2O5S2. The average Bonchev–Trinajstić information content (AvgIpc) is 3.15. The normalized spacial score (nSPS) is 20.5. The van der Waals surface area contributed by atoms with Crippen molar-refractivity contribution in [2.24, 2.45) is 0 Å². The minimum absolute atomic E-state index is 0.00153. The Hall–Kier alpha value is -1.16. The number of piperidine rings is 1. The van der Waals surface area contributed by atoms with Crippen molar-refractivity contribution in [2.45, 2.75) is 23.5 Å². The number of carbonyl (C=O) groups is 1. The Labute approximate surface area is 135 Å². The highest BCUT2D eigenvalue weighted by Gasteiger charge is 2.40. The fourth-order valence-electron chi connectivity index (χ4n) is 2.65. The molecule has 0 atom stereocenters. The molecule has 7 nitrogen and oxygen atoms in total.